The van der Waals surface area contributed by atoms with E-state index in [-0.39, 0.29) is 6.54 Å². The molecule has 0 amide bonds. The molecule has 0 fully saturated rings. The molecule has 114 valence electrons. The molecule has 0 unspecified atom stereocenters. The van der Waals surface area contributed by atoms with Crippen LogP contribution < -0.4 is 0 Å². The zero-order valence-electron chi connectivity index (χ0n) is 12.8. The Morgan fingerprint density at radius 1 is 1.24 bits per heavy atom. The van der Waals surface area contributed by atoms with Crippen molar-refractivity contribution in [1.29, 1.82) is 0 Å². The highest BCUT2D eigenvalue weighted by molar-refractivity contribution is 7.89. The van der Waals surface area contributed by atoms with E-state index in [4.69, 9.17) is 0 Å². The summed E-state index contributed by atoms with van der Waals surface area (Å²) >= 11 is 0. The smallest absolute Gasteiger partial charge is 0.207 e. The van der Waals surface area contributed by atoms with Gasteiger partial charge in [-0.1, -0.05) is 48.1 Å². The van der Waals surface area contributed by atoms with Crippen LogP contribution in [-0.4, -0.2) is 25.8 Å². The summed E-state index contributed by atoms with van der Waals surface area (Å²) in [6.07, 6.45) is 2.16. The van der Waals surface area contributed by atoms with Crippen molar-refractivity contribution in [3.63, 3.8) is 0 Å². The molecule has 0 aromatic heterocycles. The van der Waals surface area contributed by atoms with Crippen LogP contribution in [0, 0.1) is 6.92 Å². The lowest BCUT2D eigenvalue weighted by molar-refractivity contribution is 0.445. The molecule has 1 aromatic rings. The molecule has 0 aliphatic heterocycles. The Balaban J connectivity index is 2.97. The fourth-order valence-electron chi connectivity index (χ4n) is 1.79. The van der Waals surface area contributed by atoms with Crippen molar-refractivity contribution in [3.8, 4) is 0 Å². The van der Waals surface area contributed by atoms with Crippen LogP contribution in [0.1, 0.15) is 18.9 Å². The zero-order valence-corrected chi connectivity index (χ0v) is 13.6. The molecule has 0 saturated heterocycles. The van der Waals surface area contributed by atoms with Crippen LogP contribution in [0.15, 0.2) is 66.1 Å². The minimum atomic E-state index is -3.51. The molecule has 0 atom stereocenters. The Morgan fingerprint density at radius 2 is 1.81 bits per heavy atom. The van der Waals surface area contributed by atoms with Gasteiger partial charge in [0.15, 0.2) is 0 Å². The number of hydrogen-bond donors (Lipinski definition) is 0. The molecular weight excluding hydrogens is 282 g/mol. The summed E-state index contributed by atoms with van der Waals surface area (Å²) in [5, 5.41) is 0. The van der Waals surface area contributed by atoms with E-state index in [1.807, 2.05) is 13.8 Å². The molecule has 3 nitrogen and oxygen atoms in total. The molecule has 0 bridgehead atoms. The van der Waals surface area contributed by atoms with Gasteiger partial charge < -0.3 is 0 Å². The number of allylic oxidation sites excluding steroid dienone is 1. The van der Waals surface area contributed by atoms with Crippen LogP contribution in [0.25, 0.3) is 0 Å². The third-order valence-electron chi connectivity index (χ3n) is 3.26. The first kappa shape index (κ1) is 17.4. The van der Waals surface area contributed by atoms with E-state index in [9.17, 15) is 8.42 Å². The second-order valence-corrected chi connectivity index (χ2v) is 7.04. The summed E-state index contributed by atoms with van der Waals surface area (Å²) in [7, 11) is -3.51. The van der Waals surface area contributed by atoms with Gasteiger partial charge in [-0.15, -0.1) is 6.58 Å². The van der Waals surface area contributed by atoms with Crippen molar-refractivity contribution in [3.05, 3.63) is 66.8 Å². The van der Waals surface area contributed by atoms with Crippen LogP contribution in [0.5, 0.6) is 0 Å². The first-order chi connectivity index (χ1) is 9.78. The van der Waals surface area contributed by atoms with E-state index >= 15 is 0 Å². The molecule has 0 saturated carbocycles. The lowest BCUT2D eigenvalue weighted by Crippen LogP contribution is -2.32. The lowest BCUT2D eigenvalue weighted by atomic mass is 10.1. The molecule has 0 aliphatic rings. The van der Waals surface area contributed by atoms with E-state index < -0.39 is 10.0 Å². The highest BCUT2D eigenvalue weighted by atomic mass is 32.2. The second-order valence-electron chi connectivity index (χ2n) is 5.10. The number of aryl methyl sites for hydroxylation is 1. The molecule has 21 heavy (non-hydrogen) atoms. The van der Waals surface area contributed by atoms with Gasteiger partial charge in [0.25, 0.3) is 0 Å². The van der Waals surface area contributed by atoms with Crippen LogP contribution in [0.3, 0.4) is 0 Å². The molecular formula is C17H23NO2S. The standard InChI is InChI=1S/C17H23NO2S/c1-6-12-18(13-11-16(5)14(2)3)21(19,20)17-9-7-15(4)8-10-17/h6-10H,1-2,5,11-13H2,3-4H3. The molecule has 4 heteroatoms. The molecule has 0 N–H and O–H groups in total. The molecule has 1 aromatic carbocycles. The van der Waals surface area contributed by atoms with Crippen molar-refractivity contribution < 1.29 is 8.42 Å². The van der Waals surface area contributed by atoms with Crippen molar-refractivity contribution in [2.45, 2.75) is 25.2 Å². The van der Waals surface area contributed by atoms with Crippen molar-refractivity contribution >= 4 is 10.0 Å². The summed E-state index contributed by atoms with van der Waals surface area (Å²) in [5.41, 5.74) is 2.77. The Labute approximate surface area is 128 Å². The number of sulfonamides is 1. The average molecular weight is 305 g/mol. The highest BCUT2D eigenvalue weighted by Gasteiger charge is 2.23. The predicted octanol–water partition coefficient (Wildman–Crippen LogP) is 3.69. The maximum absolute atomic E-state index is 12.6. The highest BCUT2D eigenvalue weighted by Crippen LogP contribution is 2.18. The topological polar surface area (TPSA) is 37.4 Å². The Bertz CT molecular complexity index is 627. The summed E-state index contributed by atoms with van der Waals surface area (Å²) in [6.45, 7) is 15.8. The monoisotopic (exact) mass is 305 g/mol. The lowest BCUT2D eigenvalue weighted by Gasteiger charge is -2.21. The van der Waals surface area contributed by atoms with Gasteiger partial charge in [0.05, 0.1) is 4.90 Å². The summed E-state index contributed by atoms with van der Waals surface area (Å²) in [6, 6.07) is 6.86. The summed E-state index contributed by atoms with van der Waals surface area (Å²) in [4.78, 5) is 0.302. The third-order valence-corrected chi connectivity index (χ3v) is 5.14. The molecule has 0 radical (unpaired) electrons. The molecule has 0 aliphatic carbocycles. The molecule has 0 spiro atoms. The number of rotatable bonds is 8. The summed E-state index contributed by atoms with van der Waals surface area (Å²) < 4.78 is 26.7. The van der Waals surface area contributed by atoms with E-state index in [1.165, 1.54) is 4.31 Å². The number of nitrogens with zero attached hydrogens (tertiary/aromatic N) is 1. The van der Waals surface area contributed by atoms with Crippen LogP contribution in [0.2, 0.25) is 0 Å². The van der Waals surface area contributed by atoms with Gasteiger partial charge >= 0.3 is 0 Å². The van der Waals surface area contributed by atoms with Gasteiger partial charge in [0.1, 0.15) is 0 Å². The quantitative estimate of drug-likeness (QED) is 0.542. The number of benzene rings is 1. The van der Waals surface area contributed by atoms with Crippen molar-refractivity contribution in [2.75, 3.05) is 13.1 Å². The summed E-state index contributed by atoms with van der Waals surface area (Å²) in [5.74, 6) is 0. The predicted molar refractivity (Wildman–Crippen MR) is 88.7 cm³/mol. The first-order valence-corrected chi connectivity index (χ1v) is 8.24. The van der Waals surface area contributed by atoms with Gasteiger partial charge in [-0.05, 0) is 32.4 Å². The third kappa shape index (κ3) is 4.69. The van der Waals surface area contributed by atoms with Crippen molar-refractivity contribution in [2.24, 2.45) is 0 Å². The van der Waals surface area contributed by atoms with Gasteiger partial charge in [-0.2, -0.15) is 4.31 Å². The van der Waals surface area contributed by atoms with E-state index in [0.717, 1.165) is 16.7 Å². The zero-order chi connectivity index (χ0) is 16.0. The first-order valence-electron chi connectivity index (χ1n) is 6.80. The van der Waals surface area contributed by atoms with Gasteiger partial charge in [0.2, 0.25) is 10.0 Å². The Morgan fingerprint density at radius 3 is 2.29 bits per heavy atom. The second kappa shape index (κ2) is 7.38. The van der Waals surface area contributed by atoms with Crippen LogP contribution in [-0.2, 0) is 10.0 Å². The van der Waals surface area contributed by atoms with E-state index in [0.29, 0.717) is 17.9 Å². The van der Waals surface area contributed by atoms with E-state index in [1.54, 1.807) is 30.3 Å². The Hall–Kier alpha value is -1.65. The van der Waals surface area contributed by atoms with Gasteiger partial charge in [-0.25, -0.2) is 8.42 Å². The fourth-order valence-corrected chi connectivity index (χ4v) is 3.20. The normalized spacial score (nSPS) is 11.4. The largest absolute Gasteiger partial charge is 0.243 e. The molecule has 0 heterocycles. The molecule has 1 rings (SSSR count). The maximum Gasteiger partial charge on any atom is 0.243 e. The van der Waals surface area contributed by atoms with Crippen LogP contribution in [0.4, 0.5) is 0 Å². The Kier molecular flexibility index (Phi) is 6.12. The minimum Gasteiger partial charge on any atom is -0.207 e. The minimum absolute atomic E-state index is 0.277. The average Bonchev–Trinajstić information content (AvgIpc) is 2.43. The van der Waals surface area contributed by atoms with Crippen molar-refractivity contribution in [1.82, 2.24) is 4.31 Å². The van der Waals surface area contributed by atoms with Gasteiger partial charge in [0, 0.05) is 13.1 Å². The SMILES string of the molecule is C=CCN(CCC(=C)C(=C)C)S(=O)(=O)c1ccc(C)cc1. The van der Waals surface area contributed by atoms with E-state index in [2.05, 4.69) is 19.7 Å². The fraction of sp³-hybridized carbons (Fsp3) is 0.294. The van der Waals surface area contributed by atoms with Crippen LogP contribution >= 0.6 is 0 Å². The van der Waals surface area contributed by atoms with Gasteiger partial charge in [-0.3, -0.25) is 0 Å². The maximum atomic E-state index is 12.6. The number of hydrogen-bond acceptors (Lipinski definition) is 2.